The number of carboxylic acids is 1. The van der Waals surface area contributed by atoms with Gasteiger partial charge in [-0.05, 0) is 80.0 Å². The Hall–Kier alpha value is -3.59. The van der Waals surface area contributed by atoms with Gasteiger partial charge in [-0.3, -0.25) is 14.5 Å². The number of allylic oxidation sites excluding steroid dienone is 2. The molecule has 0 aromatic heterocycles. The summed E-state index contributed by atoms with van der Waals surface area (Å²) in [6.45, 7) is 12.5. The topological polar surface area (TPSA) is 88.5 Å². The predicted molar refractivity (Wildman–Crippen MR) is 174 cm³/mol. The van der Waals surface area contributed by atoms with Gasteiger partial charge in [0.1, 0.15) is 5.82 Å². The van der Waals surface area contributed by atoms with Crippen LogP contribution in [0, 0.1) is 24.1 Å². The Morgan fingerprint density at radius 2 is 1.89 bits per heavy atom. The fourth-order valence-corrected chi connectivity index (χ4v) is 7.16. The van der Waals surface area contributed by atoms with Crippen LogP contribution in [-0.4, -0.2) is 61.0 Å². The van der Waals surface area contributed by atoms with Crippen molar-refractivity contribution in [1.82, 2.24) is 4.90 Å². The van der Waals surface area contributed by atoms with E-state index in [2.05, 4.69) is 33.8 Å². The highest BCUT2D eigenvalue weighted by molar-refractivity contribution is 5.95. The van der Waals surface area contributed by atoms with E-state index < -0.39 is 23.8 Å². The summed E-state index contributed by atoms with van der Waals surface area (Å²) in [6, 6.07) is 8.04. The number of aryl methyl sites for hydroxylation is 1. The molecule has 3 atom stereocenters. The maximum Gasteiger partial charge on any atom is 0.308 e. The average Bonchev–Trinajstić information content (AvgIpc) is 3.59. The van der Waals surface area contributed by atoms with Crippen molar-refractivity contribution in [2.24, 2.45) is 11.3 Å². The molecule has 1 amide bonds. The van der Waals surface area contributed by atoms with Crippen LogP contribution in [0.15, 0.2) is 42.5 Å². The van der Waals surface area contributed by atoms with E-state index in [1.165, 1.54) is 6.07 Å². The van der Waals surface area contributed by atoms with E-state index in [1.54, 1.807) is 26.2 Å². The number of methoxy groups -OCH3 is 1. The molecule has 0 bridgehead atoms. The van der Waals surface area contributed by atoms with Crippen LogP contribution in [0.2, 0.25) is 0 Å². The number of rotatable bonds is 14. The van der Waals surface area contributed by atoms with Crippen molar-refractivity contribution in [3.8, 4) is 17.2 Å². The average molecular weight is 625 g/mol. The lowest BCUT2D eigenvalue weighted by molar-refractivity contribution is -0.143. The van der Waals surface area contributed by atoms with Crippen molar-refractivity contribution in [2.75, 3.05) is 31.9 Å². The second kappa shape index (κ2) is 14.7. The number of nitrogens with zero attached hydrogens (tertiary/aromatic N) is 2. The number of fused-ring (bicyclic) bond motifs is 1. The van der Waals surface area contributed by atoms with Gasteiger partial charge in [0.05, 0.1) is 19.6 Å². The van der Waals surface area contributed by atoms with E-state index in [1.807, 2.05) is 34.9 Å². The number of carbonyl (C=O) groups is 2. The molecule has 9 heteroatoms. The molecule has 4 rings (SSSR count). The molecule has 1 N–H and O–H groups in total. The van der Waals surface area contributed by atoms with Crippen molar-refractivity contribution in [2.45, 2.75) is 91.6 Å². The highest BCUT2D eigenvalue weighted by Gasteiger charge is 2.49. The van der Waals surface area contributed by atoms with Crippen molar-refractivity contribution in [3.05, 3.63) is 59.4 Å². The standard InChI is InChI=1S/C36H49FN2O6/c1-8-11-25(12-9-2)39(26-13-14-28(37)23(4)16-26)32(40)21-38-20-27(24-17-30(43-7)34-31(18-24)44-22-45-34)33(35(41)42)29(38)19-36(5,6)15-10-3/h10,13-18,25,27,29,33H,8-9,11-12,19-22H2,1-7H3,(H,41,42)/t27-,29+,33?/m1/s1. The minimum Gasteiger partial charge on any atom is -0.493 e. The van der Waals surface area contributed by atoms with Crippen LogP contribution < -0.4 is 19.1 Å². The number of carboxylic acid groups (broad SMARTS) is 1. The number of halogens is 1. The van der Waals surface area contributed by atoms with Crippen LogP contribution in [0.25, 0.3) is 0 Å². The first-order chi connectivity index (χ1) is 21.4. The van der Waals surface area contributed by atoms with Gasteiger partial charge in [-0.2, -0.15) is 0 Å². The number of anilines is 1. The molecule has 246 valence electrons. The van der Waals surface area contributed by atoms with Gasteiger partial charge in [0, 0.05) is 30.2 Å². The van der Waals surface area contributed by atoms with Crippen LogP contribution in [0.5, 0.6) is 17.2 Å². The van der Waals surface area contributed by atoms with E-state index in [0.29, 0.717) is 41.5 Å². The van der Waals surface area contributed by atoms with Crippen LogP contribution in [0.4, 0.5) is 10.1 Å². The molecule has 2 aromatic carbocycles. The van der Waals surface area contributed by atoms with Crippen LogP contribution in [-0.2, 0) is 9.59 Å². The fraction of sp³-hybridized carbons (Fsp3) is 0.556. The molecule has 2 aromatic rings. The number of hydrogen-bond acceptors (Lipinski definition) is 6. The van der Waals surface area contributed by atoms with Gasteiger partial charge in [0.15, 0.2) is 11.5 Å². The summed E-state index contributed by atoms with van der Waals surface area (Å²) in [5.74, 6) is -1.02. The minimum atomic E-state index is -0.909. The van der Waals surface area contributed by atoms with Gasteiger partial charge in [-0.25, -0.2) is 4.39 Å². The molecule has 0 radical (unpaired) electrons. The highest BCUT2D eigenvalue weighted by atomic mass is 19.1. The van der Waals surface area contributed by atoms with E-state index >= 15 is 0 Å². The molecule has 45 heavy (non-hydrogen) atoms. The van der Waals surface area contributed by atoms with Crippen LogP contribution in [0.3, 0.4) is 0 Å². The summed E-state index contributed by atoms with van der Waals surface area (Å²) in [5, 5.41) is 10.7. The molecule has 0 aliphatic carbocycles. The lowest BCUT2D eigenvalue weighted by Gasteiger charge is -2.36. The van der Waals surface area contributed by atoms with Gasteiger partial charge in [0.2, 0.25) is 18.4 Å². The summed E-state index contributed by atoms with van der Waals surface area (Å²) in [6.07, 6.45) is 8.04. The Balaban J connectivity index is 1.77. The fourth-order valence-electron chi connectivity index (χ4n) is 7.16. The minimum absolute atomic E-state index is 0.0406. The molecule has 1 fully saturated rings. The Kier molecular flexibility index (Phi) is 11.2. The van der Waals surface area contributed by atoms with Gasteiger partial charge in [-0.15, -0.1) is 0 Å². The van der Waals surface area contributed by atoms with Crippen LogP contribution >= 0.6 is 0 Å². The largest absolute Gasteiger partial charge is 0.493 e. The molecular weight excluding hydrogens is 575 g/mol. The zero-order chi connectivity index (χ0) is 32.9. The van der Waals surface area contributed by atoms with Crippen molar-refractivity contribution in [3.63, 3.8) is 0 Å². The first-order valence-corrected chi connectivity index (χ1v) is 16.1. The smallest absolute Gasteiger partial charge is 0.308 e. The van der Waals surface area contributed by atoms with Crippen molar-refractivity contribution in [1.29, 1.82) is 0 Å². The second-order valence-corrected chi connectivity index (χ2v) is 13.0. The SMILES string of the molecule is CC=CC(C)(C)C[C@H]1C(C(=O)O)[C@@H](c2cc(OC)c3c(c2)OCO3)CN1CC(=O)N(c1ccc(F)c(C)c1)C(CCC)CCC. The maximum absolute atomic E-state index is 14.5. The Morgan fingerprint density at radius 3 is 2.49 bits per heavy atom. The van der Waals surface area contributed by atoms with Crippen molar-refractivity contribution < 1.29 is 33.3 Å². The summed E-state index contributed by atoms with van der Waals surface area (Å²) >= 11 is 0. The number of likely N-dealkylation sites (tertiary alicyclic amines) is 1. The van der Waals surface area contributed by atoms with E-state index in [-0.39, 0.29) is 36.5 Å². The molecule has 8 nitrogen and oxygen atoms in total. The second-order valence-electron chi connectivity index (χ2n) is 13.0. The molecule has 0 saturated carbocycles. The Morgan fingerprint density at radius 1 is 1.18 bits per heavy atom. The summed E-state index contributed by atoms with van der Waals surface area (Å²) in [5.41, 5.74) is 1.61. The molecule has 2 heterocycles. The number of hydrogen-bond donors (Lipinski definition) is 1. The number of ether oxygens (including phenoxy) is 3. The third-order valence-electron chi connectivity index (χ3n) is 9.13. The number of benzene rings is 2. The maximum atomic E-state index is 14.5. The lowest BCUT2D eigenvalue weighted by Crippen LogP contribution is -2.48. The zero-order valence-corrected chi connectivity index (χ0v) is 27.8. The molecule has 1 unspecified atom stereocenters. The summed E-state index contributed by atoms with van der Waals surface area (Å²) in [7, 11) is 1.55. The van der Waals surface area contributed by atoms with Gasteiger partial charge < -0.3 is 24.2 Å². The summed E-state index contributed by atoms with van der Waals surface area (Å²) < 4.78 is 31.2. The number of carbonyl (C=O) groups excluding carboxylic acids is 1. The lowest BCUT2D eigenvalue weighted by atomic mass is 9.77. The Bertz CT molecular complexity index is 1390. The third-order valence-corrected chi connectivity index (χ3v) is 9.13. The first kappa shape index (κ1) is 34.3. The third kappa shape index (κ3) is 7.63. The van der Waals surface area contributed by atoms with E-state index in [9.17, 15) is 19.1 Å². The molecule has 2 aliphatic heterocycles. The van der Waals surface area contributed by atoms with Crippen molar-refractivity contribution >= 4 is 17.6 Å². The van der Waals surface area contributed by atoms with Gasteiger partial charge in [0.25, 0.3) is 0 Å². The van der Waals surface area contributed by atoms with Gasteiger partial charge in [-0.1, -0.05) is 52.7 Å². The van der Waals surface area contributed by atoms with Gasteiger partial charge >= 0.3 is 5.97 Å². The van der Waals surface area contributed by atoms with E-state index in [4.69, 9.17) is 14.2 Å². The number of aliphatic carboxylic acids is 1. The van der Waals surface area contributed by atoms with E-state index in [0.717, 1.165) is 31.2 Å². The molecular formula is C36H49FN2O6. The van der Waals surface area contributed by atoms with Crippen LogP contribution in [0.1, 0.15) is 83.8 Å². The highest BCUT2D eigenvalue weighted by Crippen LogP contribution is 2.48. The molecule has 2 aliphatic rings. The number of amides is 1. The molecule has 0 spiro atoms. The molecule has 1 saturated heterocycles. The summed E-state index contributed by atoms with van der Waals surface area (Å²) in [4.78, 5) is 31.5. The first-order valence-electron chi connectivity index (χ1n) is 16.1. The normalized spacial score (nSPS) is 19.9. The zero-order valence-electron chi connectivity index (χ0n) is 27.8. The predicted octanol–water partition coefficient (Wildman–Crippen LogP) is 7.33. The quantitative estimate of drug-likeness (QED) is 0.220. The Labute approximate surface area is 267 Å². The monoisotopic (exact) mass is 624 g/mol.